The van der Waals surface area contributed by atoms with E-state index in [1.165, 1.54) is 25.4 Å². The summed E-state index contributed by atoms with van der Waals surface area (Å²) in [6.07, 6.45) is -4.75. The summed E-state index contributed by atoms with van der Waals surface area (Å²) in [6, 6.07) is 3.00. The molecular weight excluding hydrogens is 237 g/mol. The molecule has 0 fully saturated rings. The van der Waals surface area contributed by atoms with Gasteiger partial charge in [0.2, 0.25) is 11.8 Å². The minimum atomic E-state index is -4.32. The molecular formula is C10H11F3N2O2. The maximum atomic E-state index is 11.8. The number of hydrogen-bond acceptors (Lipinski definition) is 3. The number of ether oxygens (including phenoxy) is 1. The third kappa shape index (κ3) is 5.19. The molecule has 0 aromatic carbocycles. The van der Waals surface area contributed by atoms with Gasteiger partial charge in [-0.25, -0.2) is 4.98 Å². The van der Waals surface area contributed by atoms with Crippen molar-refractivity contribution in [1.29, 1.82) is 0 Å². The van der Waals surface area contributed by atoms with Crippen LogP contribution >= 0.6 is 0 Å². The first-order valence-electron chi connectivity index (χ1n) is 4.77. The lowest BCUT2D eigenvalue weighted by atomic mass is 10.3. The molecule has 94 valence electrons. The van der Waals surface area contributed by atoms with Crippen molar-refractivity contribution in [1.82, 2.24) is 4.98 Å². The van der Waals surface area contributed by atoms with Crippen LogP contribution in [-0.2, 0) is 4.79 Å². The van der Waals surface area contributed by atoms with Gasteiger partial charge in [0.05, 0.1) is 25.4 Å². The first kappa shape index (κ1) is 13.3. The Balaban J connectivity index is 2.45. The summed E-state index contributed by atoms with van der Waals surface area (Å²) in [5.41, 5.74) is 0.331. The predicted octanol–water partition coefficient (Wildman–Crippen LogP) is 2.37. The summed E-state index contributed by atoms with van der Waals surface area (Å²) in [6.45, 7) is 0. The second kappa shape index (κ2) is 5.51. The zero-order valence-corrected chi connectivity index (χ0v) is 9.04. The van der Waals surface area contributed by atoms with E-state index in [0.717, 1.165) is 0 Å². The average Bonchev–Trinajstić information content (AvgIpc) is 2.27. The minimum absolute atomic E-state index is 0.331. The first-order chi connectivity index (χ1) is 7.90. The van der Waals surface area contributed by atoms with Gasteiger partial charge in [-0.1, -0.05) is 0 Å². The quantitative estimate of drug-likeness (QED) is 0.889. The monoisotopic (exact) mass is 248 g/mol. The topological polar surface area (TPSA) is 51.2 Å². The van der Waals surface area contributed by atoms with Gasteiger partial charge in [0.15, 0.2) is 0 Å². The zero-order valence-electron chi connectivity index (χ0n) is 9.04. The molecule has 1 heterocycles. The molecule has 1 rings (SSSR count). The van der Waals surface area contributed by atoms with Crippen LogP contribution in [0.15, 0.2) is 18.3 Å². The van der Waals surface area contributed by atoms with Crippen LogP contribution in [0.5, 0.6) is 5.88 Å². The Morgan fingerprint density at radius 2 is 2.18 bits per heavy atom. The van der Waals surface area contributed by atoms with Crippen LogP contribution < -0.4 is 10.1 Å². The number of methoxy groups -OCH3 is 1. The lowest BCUT2D eigenvalue weighted by Gasteiger charge is -2.07. The number of halogens is 3. The minimum Gasteiger partial charge on any atom is -0.481 e. The highest BCUT2D eigenvalue weighted by Crippen LogP contribution is 2.21. The van der Waals surface area contributed by atoms with Gasteiger partial charge in [-0.15, -0.1) is 0 Å². The third-order valence-corrected chi connectivity index (χ3v) is 1.86. The van der Waals surface area contributed by atoms with Crippen molar-refractivity contribution in [3.63, 3.8) is 0 Å². The summed E-state index contributed by atoms with van der Waals surface area (Å²) >= 11 is 0. The highest BCUT2D eigenvalue weighted by atomic mass is 19.4. The maximum absolute atomic E-state index is 11.8. The van der Waals surface area contributed by atoms with E-state index in [9.17, 15) is 18.0 Å². The number of aromatic nitrogens is 1. The molecule has 0 spiro atoms. The highest BCUT2D eigenvalue weighted by molar-refractivity contribution is 5.90. The van der Waals surface area contributed by atoms with Crippen LogP contribution in [0.4, 0.5) is 18.9 Å². The van der Waals surface area contributed by atoms with E-state index in [1.54, 1.807) is 0 Å². The fourth-order valence-corrected chi connectivity index (χ4v) is 1.05. The fourth-order valence-electron chi connectivity index (χ4n) is 1.05. The standard InChI is InChI=1S/C10H11F3N2O2/c1-17-9-3-2-7(6-14-9)15-8(16)4-5-10(11,12)13/h2-3,6H,4-5H2,1H3,(H,15,16). The normalized spacial score (nSPS) is 11.1. The summed E-state index contributed by atoms with van der Waals surface area (Å²) in [4.78, 5) is 14.9. The Hall–Kier alpha value is -1.79. The van der Waals surface area contributed by atoms with E-state index in [2.05, 4.69) is 10.3 Å². The van der Waals surface area contributed by atoms with Gasteiger partial charge in [-0.2, -0.15) is 13.2 Å². The number of nitrogens with zero attached hydrogens (tertiary/aromatic N) is 1. The number of pyridine rings is 1. The Morgan fingerprint density at radius 1 is 1.47 bits per heavy atom. The summed E-state index contributed by atoms with van der Waals surface area (Å²) in [7, 11) is 1.43. The van der Waals surface area contributed by atoms with E-state index in [1.807, 2.05) is 0 Å². The summed E-state index contributed by atoms with van der Waals surface area (Å²) in [5, 5.41) is 2.31. The molecule has 1 aromatic heterocycles. The molecule has 0 bridgehead atoms. The van der Waals surface area contributed by atoms with Crippen molar-refractivity contribution < 1.29 is 22.7 Å². The number of anilines is 1. The molecule has 0 aliphatic rings. The molecule has 0 atom stereocenters. The average molecular weight is 248 g/mol. The molecule has 0 aliphatic carbocycles. The Bertz CT molecular complexity index is 376. The molecule has 1 aromatic rings. The number of alkyl halides is 3. The summed E-state index contributed by atoms with van der Waals surface area (Å²) in [5.74, 6) is -0.340. The fraction of sp³-hybridized carbons (Fsp3) is 0.400. The molecule has 1 N–H and O–H groups in total. The number of carbonyl (C=O) groups is 1. The van der Waals surface area contributed by atoms with Crippen molar-refractivity contribution >= 4 is 11.6 Å². The summed E-state index contributed by atoms with van der Waals surface area (Å²) < 4.78 is 40.3. The van der Waals surface area contributed by atoms with E-state index >= 15 is 0 Å². The van der Waals surface area contributed by atoms with E-state index in [0.29, 0.717) is 11.6 Å². The second-order valence-electron chi connectivity index (χ2n) is 3.25. The van der Waals surface area contributed by atoms with Crippen LogP contribution in [-0.4, -0.2) is 24.2 Å². The van der Waals surface area contributed by atoms with Crippen LogP contribution in [0, 0.1) is 0 Å². The van der Waals surface area contributed by atoms with Gasteiger partial charge in [-0.05, 0) is 6.07 Å². The number of amides is 1. The van der Waals surface area contributed by atoms with E-state index in [-0.39, 0.29) is 0 Å². The van der Waals surface area contributed by atoms with Crippen LogP contribution in [0.3, 0.4) is 0 Å². The highest BCUT2D eigenvalue weighted by Gasteiger charge is 2.27. The lowest BCUT2D eigenvalue weighted by molar-refractivity contribution is -0.142. The predicted molar refractivity (Wildman–Crippen MR) is 54.7 cm³/mol. The largest absolute Gasteiger partial charge is 0.481 e. The van der Waals surface area contributed by atoms with E-state index in [4.69, 9.17) is 4.74 Å². The molecule has 0 unspecified atom stereocenters. The number of rotatable bonds is 4. The molecule has 0 saturated heterocycles. The zero-order chi connectivity index (χ0) is 12.9. The Kier molecular flexibility index (Phi) is 4.30. The molecule has 4 nitrogen and oxygen atoms in total. The van der Waals surface area contributed by atoms with Gasteiger partial charge < -0.3 is 10.1 Å². The van der Waals surface area contributed by atoms with Crippen LogP contribution in [0.2, 0.25) is 0 Å². The Labute approximate surface area is 95.8 Å². The van der Waals surface area contributed by atoms with Crippen LogP contribution in [0.25, 0.3) is 0 Å². The number of hydrogen-bond donors (Lipinski definition) is 1. The van der Waals surface area contributed by atoms with Gasteiger partial charge in [0.1, 0.15) is 0 Å². The van der Waals surface area contributed by atoms with Gasteiger partial charge in [0, 0.05) is 12.5 Å². The van der Waals surface area contributed by atoms with Gasteiger partial charge >= 0.3 is 6.18 Å². The Morgan fingerprint density at radius 3 is 2.65 bits per heavy atom. The first-order valence-corrected chi connectivity index (χ1v) is 4.77. The lowest BCUT2D eigenvalue weighted by Crippen LogP contribution is -2.16. The molecule has 0 radical (unpaired) electrons. The molecule has 1 amide bonds. The molecule has 17 heavy (non-hydrogen) atoms. The second-order valence-corrected chi connectivity index (χ2v) is 3.25. The van der Waals surface area contributed by atoms with Crippen molar-refractivity contribution in [2.24, 2.45) is 0 Å². The van der Waals surface area contributed by atoms with Gasteiger partial charge in [0.25, 0.3) is 0 Å². The third-order valence-electron chi connectivity index (χ3n) is 1.86. The number of nitrogens with one attached hydrogen (secondary N) is 1. The maximum Gasteiger partial charge on any atom is 0.389 e. The molecule has 0 saturated carbocycles. The molecule has 7 heteroatoms. The smallest absolute Gasteiger partial charge is 0.389 e. The van der Waals surface area contributed by atoms with E-state index < -0.39 is 24.9 Å². The van der Waals surface area contributed by atoms with Crippen molar-refractivity contribution in [3.05, 3.63) is 18.3 Å². The van der Waals surface area contributed by atoms with Crippen molar-refractivity contribution in [2.75, 3.05) is 12.4 Å². The van der Waals surface area contributed by atoms with Crippen LogP contribution in [0.1, 0.15) is 12.8 Å². The van der Waals surface area contributed by atoms with Crippen molar-refractivity contribution in [2.45, 2.75) is 19.0 Å². The molecule has 0 aliphatic heterocycles. The number of carbonyl (C=O) groups excluding carboxylic acids is 1. The van der Waals surface area contributed by atoms with Crippen molar-refractivity contribution in [3.8, 4) is 5.88 Å². The van der Waals surface area contributed by atoms with Gasteiger partial charge in [-0.3, -0.25) is 4.79 Å². The SMILES string of the molecule is COc1ccc(NC(=O)CCC(F)(F)F)cn1.